The highest BCUT2D eigenvalue weighted by atomic mass is 16.6. The summed E-state index contributed by atoms with van der Waals surface area (Å²) in [7, 11) is 0. The van der Waals surface area contributed by atoms with E-state index in [-0.39, 0.29) is 25.2 Å². The van der Waals surface area contributed by atoms with Crippen LogP contribution in [0, 0.1) is 0 Å². The molecule has 0 fully saturated rings. The number of allylic oxidation sites excluding steroid dienone is 26. The first-order chi connectivity index (χ1) is 45.6. The maximum absolute atomic E-state index is 12.4. The largest absolute Gasteiger partial charge is 0.462 e. The first-order valence-corrected chi connectivity index (χ1v) is 39.0. The first kappa shape index (κ1) is 87.5. The van der Waals surface area contributed by atoms with E-state index in [9.17, 15) is 14.7 Å². The van der Waals surface area contributed by atoms with Crippen molar-refractivity contribution in [3.05, 3.63) is 158 Å². The lowest BCUT2D eigenvalue weighted by Crippen LogP contribution is -2.28. The Kier molecular flexibility index (Phi) is 76.8. The second-order valence-electron chi connectivity index (χ2n) is 25.7. The summed E-state index contributed by atoms with van der Waals surface area (Å²) in [4.78, 5) is 24.7. The summed E-state index contributed by atoms with van der Waals surface area (Å²) in [6, 6.07) is 0. The van der Waals surface area contributed by atoms with Crippen molar-refractivity contribution in [2.24, 2.45) is 0 Å². The molecule has 0 saturated carbocycles. The predicted molar refractivity (Wildman–Crippen MR) is 407 cm³/mol. The van der Waals surface area contributed by atoms with Crippen LogP contribution in [0.4, 0.5) is 0 Å². The van der Waals surface area contributed by atoms with E-state index in [0.29, 0.717) is 12.8 Å². The van der Waals surface area contributed by atoms with Crippen molar-refractivity contribution in [2.45, 2.75) is 367 Å². The van der Waals surface area contributed by atoms with Crippen LogP contribution >= 0.6 is 0 Å². The molecular weight excluding hydrogens is 1120 g/mol. The van der Waals surface area contributed by atoms with Gasteiger partial charge in [-0.05, 0) is 128 Å². The zero-order valence-electron chi connectivity index (χ0n) is 60.3. The summed E-state index contributed by atoms with van der Waals surface area (Å²) in [5.74, 6) is -0.626. The van der Waals surface area contributed by atoms with Gasteiger partial charge in [0.25, 0.3) is 0 Å². The fraction of sp³-hybridized carbons (Fsp3) is 0.678. The van der Waals surface area contributed by atoms with Crippen molar-refractivity contribution in [1.29, 1.82) is 0 Å². The Balaban J connectivity index is 3.52. The second kappa shape index (κ2) is 80.8. The number of aliphatic hydroxyl groups is 1. The number of hydrogen-bond donors (Lipinski definition) is 1. The van der Waals surface area contributed by atoms with Gasteiger partial charge in [0.2, 0.25) is 0 Å². The molecule has 5 heteroatoms. The lowest BCUT2D eigenvalue weighted by atomic mass is 10.0. The molecule has 1 unspecified atom stereocenters. The van der Waals surface area contributed by atoms with Crippen LogP contribution in [0.1, 0.15) is 361 Å². The third kappa shape index (κ3) is 78.0. The smallest absolute Gasteiger partial charge is 0.306 e. The molecule has 0 spiro atoms. The highest BCUT2D eigenvalue weighted by molar-refractivity contribution is 5.70. The fourth-order valence-corrected chi connectivity index (χ4v) is 11.0. The number of ether oxygens (including phenoxy) is 2. The number of carbonyl (C=O) groups excluding carboxylic acids is 2. The molecule has 0 aliphatic heterocycles. The zero-order chi connectivity index (χ0) is 66.1. The van der Waals surface area contributed by atoms with E-state index in [1.807, 2.05) is 0 Å². The highest BCUT2D eigenvalue weighted by Gasteiger charge is 2.16. The highest BCUT2D eigenvalue weighted by Crippen LogP contribution is 2.18. The minimum Gasteiger partial charge on any atom is -0.462 e. The maximum atomic E-state index is 12.4. The lowest BCUT2D eigenvalue weighted by Gasteiger charge is -2.15. The van der Waals surface area contributed by atoms with Gasteiger partial charge in [-0.15, -0.1) is 0 Å². The van der Waals surface area contributed by atoms with Crippen molar-refractivity contribution < 1.29 is 24.2 Å². The Bertz CT molecular complexity index is 1930. The number of rotatable bonds is 71. The SMILES string of the molecule is CC/C=C\C/C=C\C/C=C\C/C=C\C/C=C\C/C=C\C/C=C\C/C=C\C/C=C\C/C=C\C/C=C\CCCCCC(=O)OC(CO)COC(=O)CCCCCCCCCCCCCCCCCCCCCCCCCCCCCCC/C=C\C/C=C\CCCCCCC. The summed E-state index contributed by atoms with van der Waals surface area (Å²) < 4.78 is 10.7. The van der Waals surface area contributed by atoms with Crippen LogP contribution in [0.25, 0.3) is 0 Å². The first-order valence-electron chi connectivity index (χ1n) is 39.0. The van der Waals surface area contributed by atoms with Crippen LogP contribution in [0.15, 0.2) is 158 Å². The van der Waals surface area contributed by atoms with E-state index < -0.39 is 6.10 Å². The van der Waals surface area contributed by atoms with Crippen molar-refractivity contribution >= 4 is 11.9 Å². The van der Waals surface area contributed by atoms with Crippen LogP contribution in [-0.4, -0.2) is 36.4 Å². The van der Waals surface area contributed by atoms with E-state index >= 15 is 0 Å². The number of hydrogen-bond acceptors (Lipinski definition) is 5. The molecule has 5 nitrogen and oxygen atoms in total. The van der Waals surface area contributed by atoms with Crippen LogP contribution in [-0.2, 0) is 19.1 Å². The Morgan fingerprint density at radius 3 is 0.717 bits per heavy atom. The lowest BCUT2D eigenvalue weighted by molar-refractivity contribution is -0.161. The summed E-state index contributed by atoms with van der Waals surface area (Å²) in [6.45, 7) is 4.01. The molecule has 0 aliphatic carbocycles. The Labute approximate surface area is 571 Å². The van der Waals surface area contributed by atoms with Crippen LogP contribution < -0.4 is 0 Å². The van der Waals surface area contributed by atoms with Gasteiger partial charge < -0.3 is 14.6 Å². The van der Waals surface area contributed by atoms with Gasteiger partial charge in [-0.3, -0.25) is 9.59 Å². The topological polar surface area (TPSA) is 72.8 Å². The van der Waals surface area contributed by atoms with Gasteiger partial charge in [-0.1, -0.05) is 377 Å². The molecule has 0 heterocycles. The third-order valence-corrected chi connectivity index (χ3v) is 16.8. The number of carbonyl (C=O) groups is 2. The van der Waals surface area contributed by atoms with E-state index in [1.165, 1.54) is 212 Å². The summed E-state index contributed by atoms with van der Waals surface area (Å²) in [5.41, 5.74) is 0. The van der Waals surface area contributed by atoms with Gasteiger partial charge in [0.1, 0.15) is 6.61 Å². The Hall–Kier alpha value is -4.48. The average molecular weight is 1270 g/mol. The molecular formula is C87H146O5. The average Bonchev–Trinajstić information content (AvgIpc) is 3.70. The van der Waals surface area contributed by atoms with Crippen LogP contribution in [0.5, 0.6) is 0 Å². The molecule has 92 heavy (non-hydrogen) atoms. The number of esters is 2. The Morgan fingerprint density at radius 1 is 0.261 bits per heavy atom. The summed E-state index contributed by atoms with van der Waals surface area (Å²) >= 11 is 0. The van der Waals surface area contributed by atoms with Crippen LogP contribution in [0.2, 0.25) is 0 Å². The Morgan fingerprint density at radius 2 is 0.467 bits per heavy atom. The zero-order valence-corrected chi connectivity index (χ0v) is 60.3. The summed E-state index contributed by atoms with van der Waals surface area (Å²) in [5, 5.41) is 9.71. The third-order valence-electron chi connectivity index (χ3n) is 16.8. The molecule has 0 aromatic carbocycles. The normalized spacial score (nSPS) is 13.1. The molecule has 0 saturated heterocycles. The van der Waals surface area contributed by atoms with Gasteiger partial charge in [0, 0.05) is 12.8 Å². The van der Waals surface area contributed by atoms with E-state index in [0.717, 1.165) is 122 Å². The van der Waals surface area contributed by atoms with Gasteiger partial charge in [-0.25, -0.2) is 0 Å². The molecule has 1 atom stereocenters. The molecule has 0 radical (unpaired) electrons. The summed E-state index contributed by atoms with van der Waals surface area (Å²) in [6.07, 6.45) is 123. The van der Waals surface area contributed by atoms with Crippen molar-refractivity contribution in [2.75, 3.05) is 13.2 Å². The molecule has 524 valence electrons. The quantitative estimate of drug-likeness (QED) is 0.0373. The molecule has 0 aromatic rings. The minimum atomic E-state index is -0.802. The number of unbranched alkanes of at least 4 members (excludes halogenated alkanes) is 37. The molecule has 0 amide bonds. The van der Waals surface area contributed by atoms with E-state index in [1.54, 1.807) is 0 Å². The van der Waals surface area contributed by atoms with Crippen molar-refractivity contribution in [1.82, 2.24) is 0 Å². The standard InChI is InChI=1S/C87H146O5/c1-3-5-7-9-11-13-15-17-19-21-23-25-27-29-31-33-35-37-39-41-42-43-44-46-47-49-51-53-55-57-59-61-63-65-67-69-71-73-75-77-79-81-86(89)91-84-85(83-88)92-87(90)82-80-78-76-74-72-70-68-66-64-62-60-58-56-54-52-50-48-45-40-38-36-34-32-30-28-26-24-22-20-18-16-14-12-10-8-6-4-2/h6,8,12,14-15,17-18,20-21,23-24,26,30,32,36,38,45,48,52,54,58,60,64,66,70,72,85,88H,3-5,7,9-11,13,16,19,22,25,27-29,31,33-35,37,39-44,46-47,49-51,53,55-57,59,61-63,65,67-69,71,73-84H2,1-2H3/b8-6-,14-12-,17-15-,20-18-,23-21-,26-24-,32-30-,38-36-,48-45-,54-52-,60-58-,66-64-,72-70-. The predicted octanol–water partition coefficient (Wildman–Crippen LogP) is 27.8. The molecule has 1 N–H and O–H groups in total. The molecule has 0 aromatic heterocycles. The van der Waals surface area contributed by atoms with Gasteiger partial charge in [0.15, 0.2) is 6.10 Å². The monoisotopic (exact) mass is 1270 g/mol. The number of aliphatic hydroxyl groups excluding tert-OH is 1. The van der Waals surface area contributed by atoms with Gasteiger partial charge in [0.05, 0.1) is 6.61 Å². The van der Waals surface area contributed by atoms with Crippen LogP contribution in [0.3, 0.4) is 0 Å². The minimum absolute atomic E-state index is 0.0853. The molecule has 0 rings (SSSR count). The van der Waals surface area contributed by atoms with E-state index in [2.05, 4.69) is 172 Å². The van der Waals surface area contributed by atoms with Crippen molar-refractivity contribution in [3.63, 3.8) is 0 Å². The second-order valence-corrected chi connectivity index (χ2v) is 25.7. The fourth-order valence-electron chi connectivity index (χ4n) is 11.0. The van der Waals surface area contributed by atoms with Crippen molar-refractivity contribution in [3.8, 4) is 0 Å². The van der Waals surface area contributed by atoms with E-state index in [4.69, 9.17) is 9.47 Å². The van der Waals surface area contributed by atoms with Gasteiger partial charge >= 0.3 is 11.9 Å². The van der Waals surface area contributed by atoms with Gasteiger partial charge in [-0.2, -0.15) is 0 Å². The molecule has 0 aliphatic rings. The molecule has 0 bridgehead atoms. The maximum Gasteiger partial charge on any atom is 0.306 e.